The topological polar surface area (TPSA) is 43.8 Å². The van der Waals surface area contributed by atoms with Gasteiger partial charge in [0.1, 0.15) is 5.82 Å². The largest absolute Gasteiger partial charge is 0.328 e. The molecule has 0 spiro atoms. The smallest absolute Gasteiger partial charge is 0.107 e. The molecule has 0 saturated heterocycles. The molecule has 80 valence electrons. The van der Waals surface area contributed by atoms with Crippen LogP contribution in [-0.4, -0.2) is 16.1 Å². The van der Waals surface area contributed by atoms with E-state index in [0.29, 0.717) is 6.54 Å². The fourth-order valence-corrected chi connectivity index (χ4v) is 2.00. The highest BCUT2D eigenvalue weighted by Gasteiger charge is 2.22. The number of benzene rings is 1. The number of aromatic nitrogens is 2. The molecule has 0 atom stereocenters. The lowest BCUT2D eigenvalue weighted by Gasteiger charge is -2.27. The molecule has 2 aromatic rings. The SMILES string of the molecule is Cc1nc2ccccc2n1C(C)(C)CN. The van der Waals surface area contributed by atoms with Crippen LogP contribution in [0.25, 0.3) is 11.0 Å². The molecular formula is C12H17N3. The minimum absolute atomic E-state index is 0.0831. The van der Waals surface area contributed by atoms with Crippen molar-refractivity contribution < 1.29 is 0 Å². The molecule has 2 rings (SSSR count). The van der Waals surface area contributed by atoms with Gasteiger partial charge in [0.15, 0.2) is 0 Å². The zero-order valence-corrected chi connectivity index (χ0v) is 9.49. The molecule has 15 heavy (non-hydrogen) atoms. The number of nitrogens with two attached hydrogens (primary N) is 1. The number of hydrogen-bond acceptors (Lipinski definition) is 2. The Kier molecular flexibility index (Phi) is 2.27. The van der Waals surface area contributed by atoms with Crippen molar-refractivity contribution in [2.45, 2.75) is 26.3 Å². The second-order valence-corrected chi connectivity index (χ2v) is 4.50. The van der Waals surface area contributed by atoms with Gasteiger partial charge in [-0.3, -0.25) is 0 Å². The summed E-state index contributed by atoms with van der Waals surface area (Å²) in [5.74, 6) is 1.02. The zero-order valence-electron chi connectivity index (χ0n) is 9.49. The highest BCUT2D eigenvalue weighted by atomic mass is 15.1. The third-order valence-corrected chi connectivity index (χ3v) is 2.83. The Hall–Kier alpha value is -1.35. The van der Waals surface area contributed by atoms with E-state index in [4.69, 9.17) is 5.73 Å². The molecule has 0 aliphatic heterocycles. The second kappa shape index (κ2) is 3.35. The van der Waals surface area contributed by atoms with Crippen molar-refractivity contribution >= 4 is 11.0 Å². The molecule has 0 unspecified atom stereocenters. The van der Waals surface area contributed by atoms with Crippen LogP contribution >= 0.6 is 0 Å². The lowest BCUT2D eigenvalue weighted by molar-refractivity contribution is 0.369. The van der Waals surface area contributed by atoms with E-state index in [-0.39, 0.29) is 5.54 Å². The lowest BCUT2D eigenvalue weighted by atomic mass is 10.1. The molecule has 1 aromatic carbocycles. The van der Waals surface area contributed by atoms with Gasteiger partial charge in [0.05, 0.1) is 16.6 Å². The molecule has 0 amide bonds. The van der Waals surface area contributed by atoms with E-state index in [1.807, 2.05) is 25.1 Å². The third-order valence-electron chi connectivity index (χ3n) is 2.83. The fourth-order valence-electron chi connectivity index (χ4n) is 2.00. The van der Waals surface area contributed by atoms with Gasteiger partial charge < -0.3 is 10.3 Å². The van der Waals surface area contributed by atoms with Crippen LogP contribution in [0.4, 0.5) is 0 Å². The number of imidazole rings is 1. The monoisotopic (exact) mass is 203 g/mol. The van der Waals surface area contributed by atoms with E-state index in [0.717, 1.165) is 16.9 Å². The molecule has 3 nitrogen and oxygen atoms in total. The maximum absolute atomic E-state index is 5.81. The number of aryl methyl sites for hydroxylation is 1. The number of hydrogen-bond donors (Lipinski definition) is 1. The molecule has 0 aliphatic carbocycles. The predicted octanol–water partition coefficient (Wildman–Crippen LogP) is 2.04. The van der Waals surface area contributed by atoms with E-state index in [2.05, 4.69) is 29.5 Å². The van der Waals surface area contributed by atoms with Crippen LogP contribution in [-0.2, 0) is 5.54 Å². The average molecular weight is 203 g/mol. The third kappa shape index (κ3) is 1.53. The van der Waals surface area contributed by atoms with Crippen LogP contribution < -0.4 is 5.73 Å². The summed E-state index contributed by atoms with van der Waals surface area (Å²) < 4.78 is 2.21. The van der Waals surface area contributed by atoms with Crippen LogP contribution in [0.1, 0.15) is 19.7 Å². The van der Waals surface area contributed by atoms with E-state index >= 15 is 0 Å². The van der Waals surface area contributed by atoms with Gasteiger partial charge in [-0.1, -0.05) is 12.1 Å². The Morgan fingerprint density at radius 3 is 2.67 bits per heavy atom. The number of nitrogens with zero attached hydrogens (tertiary/aromatic N) is 2. The summed E-state index contributed by atoms with van der Waals surface area (Å²) in [5.41, 5.74) is 7.92. The van der Waals surface area contributed by atoms with Crippen molar-refractivity contribution in [1.82, 2.24) is 9.55 Å². The normalized spacial score (nSPS) is 12.3. The first-order chi connectivity index (χ1) is 7.06. The number of para-hydroxylation sites is 2. The summed E-state index contributed by atoms with van der Waals surface area (Å²) in [4.78, 5) is 4.53. The van der Waals surface area contributed by atoms with Crippen molar-refractivity contribution in [3.8, 4) is 0 Å². The lowest BCUT2D eigenvalue weighted by Crippen LogP contribution is -2.35. The van der Waals surface area contributed by atoms with Crippen molar-refractivity contribution in [2.24, 2.45) is 5.73 Å². The van der Waals surface area contributed by atoms with Gasteiger partial charge in [-0.05, 0) is 32.9 Å². The molecule has 0 bridgehead atoms. The molecular weight excluding hydrogens is 186 g/mol. The molecule has 0 saturated carbocycles. The van der Waals surface area contributed by atoms with Crippen molar-refractivity contribution in [2.75, 3.05) is 6.54 Å². The van der Waals surface area contributed by atoms with Crippen LogP contribution in [0.5, 0.6) is 0 Å². The summed E-state index contributed by atoms with van der Waals surface area (Å²) in [6.45, 7) is 6.90. The van der Waals surface area contributed by atoms with Crippen molar-refractivity contribution in [1.29, 1.82) is 0 Å². The second-order valence-electron chi connectivity index (χ2n) is 4.50. The molecule has 0 fully saturated rings. The van der Waals surface area contributed by atoms with Crippen LogP contribution in [0.15, 0.2) is 24.3 Å². The first-order valence-electron chi connectivity index (χ1n) is 5.21. The highest BCUT2D eigenvalue weighted by molar-refractivity contribution is 5.76. The van der Waals surface area contributed by atoms with Gasteiger partial charge in [-0.15, -0.1) is 0 Å². The average Bonchev–Trinajstić information content (AvgIpc) is 2.54. The standard InChI is InChI=1S/C12H17N3/c1-9-14-10-6-4-5-7-11(10)15(9)12(2,3)8-13/h4-7H,8,13H2,1-3H3. The Labute approximate surface area is 89.9 Å². The molecule has 1 aromatic heterocycles. The van der Waals surface area contributed by atoms with Gasteiger partial charge in [-0.25, -0.2) is 4.98 Å². The quantitative estimate of drug-likeness (QED) is 0.811. The zero-order chi connectivity index (χ0) is 11.1. The molecule has 3 heteroatoms. The molecule has 0 radical (unpaired) electrons. The van der Waals surface area contributed by atoms with E-state index < -0.39 is 0 Å². The Bertz CT molecular complexity index is 483. The van der Waals surface area contributed by atoms with Crippen LogP contribution in [0, 0.1) is 6.92 Å². The van der Waals surface area contributed by atoms with Crippen molar-refractivity contribution in [3.63, 3.8) is 0 Å². The highest BCUT2D eigenvalue weighted by Crippen LogP contribution is 2.23. The summed E-state index contributed by atoms with van der Waals surface area (Å²) in [5, 5.41) is 0. The van der Waals surface area contributed by atoms with Gasteiger partial charge >= 0.3 is 0 Å². The van der Waals surface area contributed by atoms with Crippen molar-refractivity contribution in [3.05, 3.63) is 30.1 Å². The molecule has 1 heterocycles. The van der Waals surface area contributed by atoms with Gasteiger partial charge in [0, 0.05) is 6.54 Å². The summed E-state index contributed by atoms with van der Waals surface area (Å²) in [6, 6.07) is 8.17. The van der Waals surface area contributed by atoms with E-state index in [9.17, 15) is 0 Å². The minimum atomic E-state index is -0.0831. The van der Waals surface area contributed by atoms with Gasteiger partial charge in [0.25, 0.3) is 0 Å². The van der Waals surface area contributed by atoms with Gasteiger partial charge in [-0.2, -0.15) is 0 Å². The first kappa shape index (κ1) is 10.2. The number of fused-ring (bicyclic) bond motifs is 1. The van der Waals surface area contributed by atoms with Gasteiger partial charge in [0.2, 0.25) is 0 Å². The van der Waals surface area contributed by atoms with Crippen LogP contribution in [0.3, 0.4) is 0 Å². The Balaban J connectivity index is 2.74. The molecule has 0 aliphatic rings. The summed E-state index contributed by atoms with van der Waals surface area (Å²) in [6.07, 6.45) is 0. The summed E-state index contributed by atoms with van der Waals surface area (Å²) in [7, 11) is 0. The number of rotatable bonds is 2. The van der Waals surface area contributed by atoms with E-state index in [1.165, 1.54) is 0 Å². The molecule has 2 N–H and O–H groups in total. The maximum Gasteiger partial charge on any atom is 0.107 e. The Morgan fingerprint density at radius 1 is 1.33 bits per heavy atom. The summed E-state index contributed by atoms with van der Waals surface area (Å²) >= 11 is 0. The predicted molar refractivity (Wildman–Crippen MR) is 62.8 cm³/mol. The first-order valence-corrected chi connectivity index (χ1v) is 5.21. The maximum atomic E-state index is 5.81. The fraction of sp³-hybridized carbons (Fsp3) is 0.417. The Morgan fingerprint density at radius 2 is 2.00 bits per heavy atom. The minimum Gasteiger partial charge on any atom is -0.328 e. The van der Waals surface area contributed by atoms with Crippen LogP contribution in [0.2, 0.25) is 0 Å². The van der Waals surface area contributed by atoms with E-state index in [1.54, 1.807) is 0 Å².